The molecule has 4 N–H and O–H groups in total. The molecule has 1 amide bonds. The standard InChI is InChI=1S/C19H20N2O4S/c22-12-16(20-18(23)11-6-14-4-2-1-3-5-14)13-25-17-9-7-15(8-10-17)19(26)21-24/h1-11,16,22,24H,12-13H2,(H,20,23)(H,21,26)/t16-/m0/s1. The number of thiocarbonyl (C=S) groups is 1. The normalized spacial score (nSPS) is 11.8. The van der Waals surface area contributed by atoms with Crippen LogP contribution in [0, 0.1) is 0 Å². The van der Waals surface area contributed by atoms with E-state index in [1.165, 1.54) is 6.08 Å². The maximum absolute atomic E-state index is 11.9. The molecular formula is C19H20N2O4S. The Hall–Kier alpha value is -2.74. The average molecular weight is 372 g/mol. The lowest BCUT2D eigenvalue weighted by Gasteiger charge is -2.16. The first kappa shape index (κ1) is 19.6. The molecule has 7 heteroatoms. The molecule has 1 atom stereocenters. The molecule has 6 nitrogen and oxygen atoms in total. The number of amides is 1. The van der Waals surface area contributed by atoms with Crippen molar-refractivity contribution in [3.8, 4) is 5.75 Å². The molecule has 2 aromatic rings. The Morgan fingerprint density at radius 2 is 1.85 bits per heavy atom. The third-order valence-electron chi connectivity index (χ3n) is 3.46. The Morgan fingerprint density at radius 1 is 1.15 bits per heavy atom. The zero-order valence-electron chi connectivity index (χ0n) is 14.0. The number of benzene rings is 2. The molecule has 0 saturated carbocycles. The summed E-state index contributed by atoms with van der Waals surface area (Å²) in [7, 11) is 0. The van der Waals surface area contributed by atoms with Gasteiger partial charge in [-0.25, -0.2) is 0 Å². The van der Waals surface area contributed by atoms with Gasteiger partial charge in [-0.1, -0.05) is 42.5 Å². The molecule has 0 fully saturated rings. The van der Waals surface area contributed by atoms with Crippen LogP contribution < -0.4 is 15.5 Å². The molecule has 0 heterocycles. The molecule has 26 heavy (non-hydrogen) atoms. The van der Waals surface area contributed by atoms with Gasteiger partial charge in [-0.3, -0.25) is 15.5 Å². The average Bonchev–Trinajstić information content (AvgIpc) is 2.70. The topological polar surface area (TPSA) is 90.8 Å². The number of aliphatic hydroxyl groups is 1. The van der Waals surface area contributed by atoms with E-state index in [9.17, 15) is 9.90 Å². The van der Waals surface area contributed by atoms with Crippen molar-refractivity contribution in [2.45, 2.75) is 6.04 Å². The van der Waals surface area contributed by atoms with Crippen LogP contribution in [0.5, 0.6) is 5.75 Å². The summed E-state index contributed by atoms with van der Waals surface area (Å²) in [5.74, 6) is 0.244. The minimum atomic E-state index is -0.539. The van der Waals surface area contributed by atoms with Crippen LogP contribution in [0.25, 0.3) is 6.08 Å². The first-order valence-electron chi connectivity index (χ1n) is 7.94. The Bertz CT molecular complexity index is 748. The van der Waals surface area contributed by atoms with Crippen molar-refractivity contribution in [3.05, 3.63) is 71.8 Å². The highest BCUT2D eigenvalue weighted by molar-refractivity contribution is 7.80. The van der Waals surface area contributed by atoms with Crippen LogP contribution in [0.15, 0.2) is 60.7 Å². The largest absolute Gasteiger partial charge is 0.491 e. The Labute approximate surface area is 157 Å². The predicted octanol–water partition coefficient (Wildman–Crippen LogP) is 1.91. The van der Waals surface area contributed by atoms with Gasteiger partial charge in [0.1, 0.15) is 17.3 Å². The van der Waals surface area contributed by atoms with Crippen LogP contribution in [0.2, 0.25) is 0 Å². The second-order valence-corrected chi connectivity index (χ2v) is 5.82. The fourth-order valence-corrected chi connectivity index (χ4v) is 2.23. The van der Waals surface area contributed by atoms with E-state index in [0.29, 0.717) is 11.3 Å². The van der Waals surface area contributed by atoms with E-state index >= 15 is 0 Å². The van der Waals surface area contributed by atoms with Crippen molar-refractivity contribution in [2.75, 3.05) is 13.2 Å². The van der Waals surface area contributed by atoms with Crippen LogP contribution >= 0.6 is 12.2 Å². The Morgan fingerprint density at radius 3 is 2.46 bits per heavy atom. The molecule has 0 radical (unpaired) electrons. The van der Waals surface area contributed by atoms with Crippen molar-refractivity contribution >= 4 is 29.2 Å². The van der Waals surface area contributed by atoms with E-state index in [1.54, 1.807) is 30.3 Å². The SMILES string of the molecule is O=C(C=Cc1ccccc1)N[C@@H](CO)COc1ccc(C(=S)NO)cc1. The number of aliphatic hydroxyl groups excluding tert-OH is 1. The maximum Gasteiger partial charge on any atom is 0.244 e. The zero-order valence-corrected chi connectivity index (χ0v) is 14.8. The molecule has 0 aromatic heterocycles. The van der Waals surface area contributed by atoms with E-state index in [4.69, 9.17) is 22.2 Å². The number of nitrogens with one attached hydrogen (secondary N) is 2. The summed E-state index contributed by atoms with van der Waals surface area (Å²) in [5.41, 5.74) is 3.47. The quantitative estimate of drug-likeness (QED) is 0.322. The van der Waals surface area contributed by atoms with Crippen LogP contribution in [0.3, 0.4) is 0 Å². The van der Waals surface area contributed by atoms with Crippen molar-refractivity contribution in [2.24, 2.45) is 0 Å². The van der Waals surface area contributed by atoms with Crippen LogP contribution in [0.1, 0.15) is 11.1 Å². The molecule has 0 saturated heterocycles. The van der Waals surface area contributed by atoms with Crippen molar-refractivity contribution < 1.29 is 19.8 Å². The van der Waals surface area contributed by atoms with Crippen molar-refractivity contribution in [3.63, 3.8) is 0 Å². The van der Waals surface area contributed by atoms with Gasteiger partial charge in [0.05, 0.1) is 12.6 Å². The predicted molar refractivity (Wildman–Crippen MR) is 103 cm³/mol. The lowest BCUT2D eigenvalue weighted by atomic mass is 10.2. The van der Waals surface area contributed by atoms with E-state index in [1.807, 2.05) is 35.8 Å². The van der Waals surface area contributed by atoms with E-state index < -0.39 is 6.04 Å². The van der Waals surface area contributed by atoms with E-state index in [-0.39, 0.29) is 24.1 Å². The van der Waals surface area contributed by atoms with E-state index in [2.05, 4.69) is 5.32 Å². The number of carbonyl (C=O) groups excluding carboxylic acids is 1. The minimum Gasteiger partial charge on any atom is -0.491 e. The number of hydroxylamine groups is 1. The van der Waals surface area contributed by atoms with E-state index in [0.717, 1.165) is 5.56 Å². The van der Waals surface area contributed by atoms with Gasteiger partial charge in [-0.2, -0.15) is 0 Å². The zero-order chi connectivity index (χ0) is 18.8. The smallest absolute Gasteiger partial charge is 0.244 e. The highest BCUT2D eigenvalue weighted by atomic mass is 32.1. The Balaban J connectivity index is 1.84. The summed E-state index contributed by atoms with van der Waals surface area (Å²) in [6, 6.07) is 15.7. The van der Waals surface area contributed by atoms with Crippen molar-refractivity contribution in [1.82, 2.24) is 10.8 Å². The number of hydrogen-bond donors (Lipinski definition) is 4. The highest BCUT2D eigenvalue weighted by Crippen LogP contribution is 2.12. The number of ether oxygens (including phenoxy) is 1. The number of rotatable bonds is 8. The second-order valence-electron chi connectivity index (χ2n) is 5.41. The minimum absolute atomic E-state index is 0.115. The number of carbonyl (C=O) groups is 1. The fraction of sp³-hybridized carbons (Fsp3) is 0.158. The summed E-state index contributed by atoms with van der Waals surface area (Å²) in [6.07, 6.45) is 3.11. The van der Waals surface area contributed by atoms with Crippen LogP contribution in [0.4, 0.5) is 0 Å². The Kier molecular flexibility index (Phi) is 7.75. The van der Waals surface area contributed by atoms with Crippen LogP contribution in [-0.2, 0) is 4.79 Å². The molecule has 0 aliphatic rings. The number of hydrogen-bond acceptors (Lipinski definition) is 5. The molecule has 0 bridgehead atoms. The summed E-state index contributed by atoms with van der Waals surface area (Å²) >= 11 is 4.91. The monoisotopic (exact) mass is 372 g/mol. The molecule has 0 aliphatic carbocycles. The molecule has 0 spiro atoms. The summed E-state index contributed by atoms with van der Waals surface area (Å²) in [6.45, 7) is -0.134. The summed E-state index contributed by atoms with van der Waals surface area (Å²) < 4.78 is 5.57. The molecule has 2 aromatic carbocycles. The lowest BCUT2D eigenvalue weighted by Crippen LogP contribution is -2.40. The van der Waals surface area contributed by atoms with Crippen molar-refractivity contribution in [1.29, 1.82) is 0 Å². The fourth-order valence-electron chi connectivity index (χ4n) is 2.09. The molecule has 2 rings (SSSR count). The van der Waals surface area contributed by atoms with Gasteiger partial charge < -0.3 is 15.2 Å². The molecule has 0 aliphatic heterocycles. The van der Waals surface area contributed by atoms with Gasteiger partial charge in [-0.15, -0.1) is 0 Å². The highest BCUT2D eigenvalue weighted by Gasteiger charge is 2.11. The summed E-state index contributed by atoms with van der Waals surface area (Å²) in [5, 5.41) is 20.9. The van der Waals surface area contributed by atoms with Gasteiger partial charge >= 0.3 is 0 Å². The first-order chi connectivity index (χ1) is 12.6. The molecule has 0 unspecified atom stereocenters. The third-order valence-corrected chi connectivity index (χ3v) is 3.79. The van der Waals surface area contributed by atoms with Gasteiger partial charge in [0.25, 0.3) is 0 Å². The van der Waals surface area contributed by atoms with Gasteiger partial charge in [0.2, 0.25) is 5.91 Å². The maximum atomic E-state index is 11.9. The second kappa shape index (κ2) is 10.3. The van der Waals surface area contributed by atoms with Gasteiger partial charge in [0, 0.05) is 11.6 Å². The third kappa shape index (κ3) is 6.29. The molecule has 136 valence electrons. The van der Waals surface area contributed by atoms with Crippen LogP contribution in [-0.4, -0.2) is 40.5 Å². The lowest BCUT2D eigenvalue weighted by molar-refractivity contribution is -0.117. The first-order valence-corrected chi connectivity index (χ1v) is 8.35. The molecular weight excluding hydrogens is 352 g/mol. The summed E-state index contributed by atoms with van der Waals surface area (Å²) in [4.78, 5) is 12.2. The van der Waals surface area contributed by atoms with Gasteiger partial charge in [0.15, 0.2) is 0 Å². The van der Waals surface area contributed by atoms with Gasteiger partial charge in [-0.05, 0) is 35.9 Å².